The fraction of sp³-hybridized carbons (Fsp3) is 0. The van der Waals surface area contributed by atoms with Gasteiger partial charge in [0.15, 0.2) is 0 Å². The zero-order valence-corrected chi connectivity index (χ0v) is 4.39. The molecule has 1 rings (SSSR count). The first-order valence-corrected chi connectivity index (χ1v) is 2.41. The highest BCUT2D eigenvalue weighted by molar-refractivity contribution is 5.76. The van der Waals surface area contributed by atoms with Crippen molar-refractivity contribution >= 4 is 6.21 Å². The summed E-state index contributed by atoms with van der Waals surface area (Å²) in [6, 6.07) is 9.37. The fourth-order valence-electron chi connectivity index (χ4n) is 0.521. The van der Waals surface area contributed by atoms with Gasteiger partial charge >= 0.3 is 0 Å². The molecule has 39 valence electrons. The predicted octanol–water partition coefficient (Wildman–Crippen LogP) is 1.56. The first-order chi connectivity index (χ1) is 3.93. The number of hydrogen-bond acceptors (Lipinski definition) is 1. The highest BCUT2D eigenvalue weighted by atomic mass is 14.3. The Morgan fingerprint density at radius 2 is 1.75 bits per heavy atom. The van der Waals surface area contributed by atoms with Gasteiger partial charge in [-0.25, -0.2) is 0 Å². The molecule has 1 nitrogen and oxygen atoms in total. The van der Waals surface area contributed by atoms with Crippen LogP contribution in [0.15, 0.2) is 30.3 Å². The number of hydrogen-bond donors (Lipinski definition) is 1. The van der Waals surface area contributed by atoms with Gasteiger partial charge in [0.1, 0.15) is 0 Å². The maximum Gasteiger partial charge on any atom is 0.0867 e. The van der Waals surface area contributed by atoms with Crippen LogP contribution in [0.25, 0.3) is 0 Å². The highest BCUT2D eigenvalue weighted by Gasteiger charge is 1.78. The molecule has 0 saturated heterocycles. The minimum Gasteiger partial charge on any atom is -0.298 e. The second-order valence-corrected chi connectivity index (χ2v) is 1.49. The van der Waals surface area contributed by atoms with E-state index in [1.807, 2.05) is 30.3 Å². The molecule has 1 N–H and O–H groups in total. The van der Waals surface area contributed by atoms with Crippen molar-refractivity contribution in [2.24, 2.45) is 0 Å². The zero-order valence-electron chi connectivity index (χ0n) is 4.39. The third kappa shape index (κ3) is 0.936. The lowest BCUT2D eigenvalue weighted by Crippen LogP contribution is -1.73. The molecule has 8 heavy (non-hydrogen) atoms. The average Bonchev–Trinajstić information content (AvgIpc) is 1.90. The lowest BCUT2D eigenvalue weighted by molar-refractivity contribution is 1.54. The molecule has 0 aliphatic rings. The molecule has 0 bridgehead atoms. The number of rotatable bonds is 1. The molecule has 0 unspecified atom stereocenters. The standard InChI is InChI=1S/C7H6N/c8-6-7-4-2-1-3-5-7/h1-5,8H. The van der Waals surface area contributed by atoms with Crippen LogP contribution in [0.3, 0.4) is 0 Å². The van der Waals surface area contributed by atoms with Gasteiger partial charge in [0.05, 0.1) is 6.21 Å². The quantitative estimate of drug-likeness (QED) is 0.523. The van der Waals surface area contributed by atoms with Crippen LogP contribution < -0.4 is 0 Å². The Morgan fingerprint density at radius 3 is 2.12 bits per heavy atom. The summed E-state index contributed by atoms with van der Waals surface area (Å²) < 4.78 is 0. The van der Waals surface area contributed by atoms with Gasteiger partial charge in [-0.05, 0) is 0 Å². The van der Waals surface area contributed by atoms with E-state index in [2.05, 4.69) is 6.21 Å². The molecule has 0 amide bonds. The maximum atomic E-state index is 6.69. The summed E-state index contributed by atoms with van der Waals surface area (Å²) in [6.07, 6.45) is 2.28. The first kappa shape index (κ1) is 5.04. The molecule has 0 spiro atoms. The van der Waals surface area contributed by atoms with Crippen molar-refractivity contribution in [1.29, 1.82) is 5.41 Å². The van der Waals surface area contributed by atoms with Crippen molar-refractivity contribution in [2.45, 2.75) is 0 Å². The SMILES string of the molecule is N=[C]c1ccccc1. The first-order valence-electron chi connectivity index (χ1n) is 2.41. The zero-order chi connectivity index (χ0) is 5.82. The van der Waals surface area contributed by atoms with E-state index in [-0.39, 0.29) is 0 Å². The summed E-state index contributed by atoms with van der Waals surface area (Å²) in [6.45, 7) is 0. The molecule has 0 atom stereocenters. The van der Waals surface area contributed by atoms with Gasteiger partial charge in [-0.1, -0.05) is 30.3 Å². The van der Waals surface area contributed by atoms with Crippen molar-refractivity contribution < 1.29 is 0 Å². The average molecular weight is 104 g/mol. The molecule has 0 aliphatic heterocycles. The van der Waals surface area contributed by atoms with E-state index in [4.69, 9.17) is 5.41 Å². The summed E-state index contributed by atoms with van der Waals surface area (Å²) in [7, 11) is 0. The van der Waals surface area contributed by atoms with Crippen LogP contribution in [0.2, 0.25) is 0 Å². The van der Waals surface area contributed by atoms with Crippen LogP contribution in [0, 0.1) is 5.41 Å². The second kappa shape index (κ2) is 2.26. The summed E-state index contributed by atoms with van der Waals surface area (Å²) in [5.74, 6) is 0. The lowest BCUT2D eigenvalue weighted by atomic mass is 10.2. The Labute approximate surface area is 48.5 Å². The van der Waals surface area contributed by atoms with E-state index in [1.54, 1.807) is 0 Å². The van der Waals surface area contributed by atoms with Crippen molar-refractivity contribution in [3.05, 3.63) is 35.9 Å². The summed E-state index contributed by atoms with van der Waals surface area (Å²) in [5.41, 5.74) is 0.826. The van der Waals surface area contributed by atoms with Crippen molar-refractivity contribution in [3.8, 4) is 0 Å². The van der Waals surface area contributed by atoms with E-state index < -0.39 is 0 Å². The molecule has 1 heteroatoms. The molecule has 1 aromatic rings. The van der Waals surface area contributed by atoms with Crippen LogP contribution in [0.4, 0.5) is 0 Å². The van der Waals surface area contributed by atoms with Gasteiger partial charge < -0.3 is 0 Å². The molecule has 1 aromatic carbocycles. The highest BCUT2D eigenvalue weighted by Crippen LogP contribution is 1.91. The van der Waals surface area contributed by atoms with Crippen LogP contribution in [0.5, 0.6) is 0 Å². The fourth-order valence-corrected chi connectivity index (χ4v) is 0.521. The smallest absolute Gasteiger partial charge is 0.0867 e. The van der Waals surface area contributed by atoms with Gasteiger partial charge in [0.2, 0.25) is 0 Å². The molecule has 0 heterocycles. The van der Waals surface area contributed by atoms with Crippen molar-refractivity contribution in [1.82, 2.24) is 0 Å². The Balaban J connectivity index is 2.99. The third-order valence-corrected chi connectivity index (χ3v) is 0.918. The molecular formula is C7H6N. The summed E-state index contributed by atoms with van der Waals surface area (Å²) in [5, 5.41) is 6.69. The molecule has 0 aliphatic carbocycles. The Morgan fingerprint density at radius 1 is 1.12 bits per heavy atom. The van der Waals surface area contributed by atoms with Gasteiger partial charge in [-0.3, -0.25) is 5.41 Å². The maximum absolute atomic E-state index is 6.69. The van der Waals surface area contributed by atoms with Crippen molar-refractivity contribution in [2.75, 3.05) is 0 Å². The summed E-state index contributed by atoms with van der Waals surface area (Å²) >= 11 is 0. The predicted molar refractivity (Wildman–Crippen MR) is 33.3 cm³/mol. The van der Waals surface area contributed by atoms with Crippen LogP contribution in [-0.4, -0.2) is 6.21 Å². The van der Waals surface area contributed by atoms with E-state index in [0.717, 1.165) is 5.56 Å². The van der Waals surface area contributed by atoms with E-state index in [1.165, 1.54) is 0 Å². The molecule has 0 fully saturated rings. The van der Waals surface area contributed by atoms with Crippen LogP contribution >= 0.6 is 0 Å². The topological polar surface area (TPSA) is 23.9 Å². The van der Waals surface area contributed by atoms with Gasteiger partial charge in [-0.2, -0.15) is 0 Å². The van der Waals surface area contributed by atoms with Crippen LogP contribution in [-0.2, 0) is 0 Å². The Hall–Kier alpha value is -1.11. The minimum atomic E-state index is 0.826. The van der Waals surface area contributed by atoms with E-state index in [9.17, 15) is 0 Å². The van der Waals surface area contributed by atoms with Gasteiger partial charge in [0.25, 0.3) is 0 Å². The van der Waals surface area contributed by atoms with Crippen LogP contribution in [0.1, 0.15) is 5.56 Å². The second-order valence-electron chi connectivity index (χ2n) is 1.49. The molecule has 1 radical (unpaired) electrons. The Kier molecular flexibility index (Phi) is 1.42. The van der Waals surface area contributed by atoms with Crippen molar-refractivity contribution in [3.63, 3.8) is 0 Å². The molecule has 0 saturated carbocycles. The monoisotopic (exact) mass is 104 g/mol. The molecular weight excluding hydrogens is 98.1 g/mol. The summed E-state index contributed by atoms with van der Waals surface area (Å²) in [4.78, 5) is 0. The largest absolute Gasteiger partial charge is 0.298 e. The molecule has 0 aromatic heterocycles. The lowest BCUT2D eigenvalue weighted by Gasteiger charge is -1.83. The van der Waals surface area contributed by atoms with Gasteiger partial charge in [0, 0.05) is 5.56 Å². The van der Waals surface area contributed by atoms with E-state index >= 15 is 0 Å². The van der Waals surface area contributed by atoms with E-state index in [0.29, 0.717) is 0 Å². The Bertz CT molecular complexity index is 167. The number of nitrogens with one attached hydrogen (secondary N) is 1. The minimum absolute atomic E-state index is 0.826. The normalized spacial score (nSPS) is 8.50. The number of benzene rings is 1. The third-order valence-electron chi connectivity index (χ3n) is 0.918. The van der Waals surface area contributed by atoms with Gasteiger partial charge in [-0.15, -0.1) is 0 Å².